The molecule has 6 nitrogen and oxygen atoms in total. The number of hydrogen-bond acceptors (Lipinski definition) is 4. The Hall–Kier alpha value is -3.02. The van der Waals surface area contributed by atoms with E-state index in [1.807, 2.05) is 44.2 Å². The van der Waals surface area contributed by atoms with Gasteiger partial charge in [-0.2, -0.15) is 0 Å². The normalized spacial score (nSPS) is 18.7. The first-order valence-corrected chi connectivity index (χ1v) is 10.4. The number of ketones is 2. The summed E-state index contributed by atoms with van der Waals surface area (Å²) in [6, 6.07) is 10.7. The van der Waals surface area contributed by atoms with Gasteiger partial charge in [-0.15, -0.1) is 0 Å². The molecule has 1 saturated heterocycles. The molecule has 156 valence electrons. The number of nitrogens with zero attached hydrogens (tertiary/aromatic N) is 1. The highest BCUT2D eigenvalue weighted by molar-refractivity contribution is 6.02. The Morgan fingerprint density at radius 3 is 2.37 bits per heavy atom. The van der Waals surface area contributed by atoms with E-state index in [2.05, 4.69) is 4.98 Å². The monoisotopic (exact) mass is 406 g/mol. The fourth-order valence-electron chi connectivity index (χ4n) is 4.54. The van der Waals surface area contributed by atoms with E-state index >= 15 is 0 Å². The molecule has 6 heteroatoms. The SMILES string of the molecule is CC1(C)CC(=O)c2cc(C(=O)N3CCC(C(=O)c4ccccc4)CC3)c(=O)[nH]c2C1. The van der Waals surface area contributed by atoms with Gasteiger partial charge in [0.05, 0.1) is 0 Å². The Kier molecular flexibility index (Phi) is 5.18. The van der Waals surface area contributed by atoms with Gasteiger partial charge in [-0.1, -0.05) is 44.2 Å². The van der Waals surface area contributed by atoms with Crippen LogP contribution in [0.3, 0.4) is 0 Å². The Balaban J connectivity index is 1.49. The summed E-state index contributed by atoms with van der Waals surface area (Å²) < 4.78 is 0. The van der Waals surface area contributed by atoms with Crippen LogP contribution in [-0.2, 0) is 6.42 Å². The molecule has 0 spiro atoms. The summed E-state index contributed by atoms with van der Waals surface area (Å²) in [4.78, 5) is 55.2. The number of fused-ring (bicyclic) bond motifs is 1. The Morgan fingerprint density at radius 1 is 1.03 bits per heavy atom. The quantitative estimate of drug-likeness (QED) is 0.793. The summed E-state index contributed by atoms with van der Waals surface area (Å²) in [6.45, 7) is 4.82. The molecule has 0 bridgehead atoms. The number of nitrogens with one attached hydrogen (secondary N) is 1. The molecule has 0 atom stereocenters. The van der Waals surface area contributed by atoms with Gasteiger partial charge in [0, 0.05) is 42.2 Å². The highest BCUT2D eigenvalue weighted by Gasteiger charge is 2.34. The van der Waals surface area contributed by atoms with Crippen molar-refractivity contribution in [1.82, 2.24) is 9.88 Å². The van der Waals surface area contributed by atoms with E-state index in [-0.39, 0.29) is 34.4 Å². The molecule has 1 N–H and O–H groups in total. The Morgan fingerprint density at radius 2 is 1.70 bits per heavy atom. The molecule has 2 heterocycles. The number of benzene rings is 1. The number of likely N-dealkylation sites (tertiary alicyclic amines) is 1. The number of carbonyl (C=O) groups excluding carboxylic acids is 3. The van der Waals surface area contributed by atoms with E-state index in [9.17, 15) is 19.2 Å². The summed E-state index contributed by atoms with van der Waals surface area (Å²) in [5.74, 6) is -0.439. The second-order valence-electron chi connectivity index (χ2n) is 9.14. The van der Waals surface area contributed by atoms with Crippen LogP contribution in [0.4, 0.5) is 0 Å². The van der Waals surface area contributed by atoms with E-state index in [1.54, 1.807) is 4.90 Å². The second-order valence-corrected chi connectivity index (χ2v) is 9.14. The maximum Gasteiger partial charge on any atom is 0.261 e. The van der Waals surface area contributed by atoms with Gasteiger partial charge in [-0.25, -0.2) is 0 Å². The highest BCUT2D eigenvalue weighted by Crippen LogP contribution is 2.33. The fourth-order valence-corrected chi connectivity index (χ4v) is 4.54. The van der Waals surface area contributed by atoms with Crippen LogP contribution in [0.15, 0.2) is 41.2 Å². The molecule has 1 amide bonds. The maximum atomic E-state index is 13.0. The van der Waals surface area contributed by atoms with Crippen molar-refractivity contribution in [2.24, 2.45) is 11.3 Å². The molecule has 2 aliphatic rings. The second kappa shape index (κ2) is 7.67. The summed E-state index contributed by atoms with van der Waals surface area (Å²) in [5.41, 5.74) is 1.11. The topological polar surface area (TPSA) is 87.3 Å². The molecule has 1 aromatic heterocycles. The van der Waals surface area contributed by atoms with Gasteiger partial charge in [-0.3, -0.25) is 19.2 Å². The third-order valence-corrected chi connectivity index (χ3v) is 6.16. The van der Waals surface area contributed by atoms with Crippen LogP contribution in [0, 0.1) is 11.3 Å². The minimum Gasteiger partial charge on any atom is -0.338 e. The standard InChI is InChI=1S/C24H26N2O4/c1-24(2)13-19-17(20(27)14-24)12-18(22(29)25-19)23(30)26-10-8-16(9-11-26)21(28)15-6-4-3-5-7-15/h3-7,12,16H,8-11,13-14H2,1-2H3,(H,25,29). The molecular formula is C24H26N2O4. The number of hydrogen-bond donors (Lipinski definition) is 1. The van der Waals surface area contributed by atoms with E-state index in [4.69, 9.17) is 0 Å². The van der Waals surface area contributed by atoms with Gasteiger partial charge in [0.25, 0.3) is 11.5 Å². The van der Waals surface area contributed by atoms with Crippen LogP contribution in [0.5, 0.6) is 0 Å². The number of piperidine rings is 1. The molecule has 4 rings (SSSR count). The molecule has 0 unspecified atom stereocenters. The van der Waals surface area contributed by atoms with Crippen LogP contribution < -0.4 is 5.56 Å². The van der Waals surface area contributed by atoms with E-state index < -0.39 is 5.56 Å². The van der Waals surface area contributed by atoms with Gasteiger partial charge in [0.1, 0.15) is 5.56 Å². The summed E-state index contributed by atoms with van der Waals surface area (Å²) in [5, 5.41) is 0. The van der Waals surface area contributed by atoms with Crippen molar-refractivity contribution in [1.29, 1.82) is 0 Å². The summed E-state index contributed by atoms with van der Waals surface area (Å²) >= 11 is 0. The van der Waals surface area contributed by atoms with Gasteiger partial charge in [-0.05, 0) is 30.7 Å². The summed E-state index contributed by atoms with van der Waals surface area (Å²) in [6.07, 6.45) is 2.13. The lowest BCUT2D eigenvalue weighted by Gasteiger charge is -2.32. The van der Waals surface area contributed by atoms with Gasteiger partial charge in [0.2, 0.25) is 0 Å². The lowest BCUT2D eigenvalue weighted by molar-refractivity contribution is 0.0648. The van der Waals surface area contributed by atoms with Crippen LogP contribution >= 0.6 is 0 Å². The first-order valence-electron chi connectivity index (χ1n) is 10.4. The van der Waals surface area contributed by atoms with Gasteiger partial charge in [0.15, 0.2) is 11.6 Å². The van der Waals surface area contributed by atoms with E-state index in [1.165, 1.54) is 6.07 Å². The van der Waals surface area contributed by atoms with E-state index in [0.717, 1.165) is 0 Å². The molecule has 1 fully saturated rings. The smallest absolute Gasteiger partial charge is 0.261 e. The molecule has 0 radical (unpaired) electrons. The number of pyridine rings is 1. The molecule has 0 saturated carbocycles. The fraction of sp³-hybridized carbons (Fsp3) is 0.417. The van der Waals surface area contributed by atoms with Crippen LogP contribution in [0.25, 0.3) is 0 Å². The zero-order valence-electron chi connectivity index (χ0n) is 17.4. The van der Waals surface area contributed by atoms with Crippen LogP contribution in [0.1, 0.15) is 69.9 Å². The molecule has 2 aromatic rings. The van der Waals surface area contributed by atoms with Crippen molar-refractivity contribution in [3.8, 4) is 0 Å². The van der Waals surface area contributed by atoms with E-state index in [0.29, 0.717) is 55.6 Å². The first kappa shape index (κ1) is 20.3. The number of aromatic amines is 1. The number of carbonyl (C=O) groups is 3. The molecular weight excluding hydrogens is 380 g/mol. The van der Waals surface area contributed by atoms with Crippen LogP contribution in [-0.4, -0.2) is 40.4 Å². The molecule has 1 aromatic carbocycles. The molecule has 1 aliphatic heterocycles. The van der Waals surface area contributed by atoms with Crippen molar-refractivity contribution in [2.75, 3.05) is 13.1 Å². The lowest BCUT2D eigenvalue weighted by atomic mass is 9.75. The predicted octanol–water partition coefficient (Wildman–Crippen LogP) is 3.27. The molecule has 1 aliphatic carbocycles. The number of rotatable bonds is 3. The average Bonchev–Trinajstić information content (AvgIpc) is 2.72. The zero-order valence-corrected chi connectivity index (χ0v) is 17.4. The number of amides is 1. The maximum absolute atomic E-state index is 13.0. The number of H-pyrrole nitrogens is 1. The van der Waals surface area contributed by atoms with Gasteiger partial charge < -0.3 is 9.88 Å². The average molecular weight is 406 g/mol. The zero-order chi connectivity index (χ0) is 21.5. The largest absolute Gasteiger partial charge is 0.338 e. The van der Waals surface area contributed by atoms with Gasteiger partial charge >= 0.3 is 0 Å². The van der Waals surface area contributed by atoms with Crippen molar-refractivity contribution < 1.29 is 14.4 Å². The van der Waals surface area contributed by atoms with Crippen molar-refractivity contribution in [3.63, 3.8) is 0 Å². The number of aromatic nitrogens is 1. The minimum absolute atomic E-state index is 0.00893. The molecule has 30 heavy (non-hydrogen) atoms. The van der Waals surface area contributed by atoms with Crippen molar-refractivity contribution in [2.45, 2.75) is 39.5 Å². The highest BCUT2D eigenvalue weighted by atomic mass is 16.2. The van der Waals surface area contributed by atoms with Crippen molar-refractivity contribution >= 4 is 17.5 Å². The van der Waals surface area contributed by atoms with Crippen LogP contribution in [0.2, 0.25) is 0 Å². The lowest BCUT2D eigenvalue weighted by Crippen LogP contribution is -2.42. The summed E-state index contributed by atoms with van der Waals surface area (Å²) in [7, 11) is 0. The van der Waals surface area contributed by atoms with Crippen molar-refractivity contribution in [3.05, 3.63) is 69.1 Å². The predicted molar refractivity (Wildman–Crippen MR) is 113 cm³/mol. The Labute approximate surface area is 175 Å². The number of Topliss-reactive ketones (excluding diaryl/α,β-unsaturated/α-hetero) is 2. The first-order chi connectivity index (χ1) is 14.2. The third-order valence-electron chi connectivity index (χ3n) is 6.16. The third kappa shape index (κ3) is 3.86. The Bertz CT molecular complexity index is 1060. The minimum atomic E-state index is -0.452.